The van der Waals surface area contributed by atoms with Crippen molar-refractivity contribution in [1.82, 2.24) is 20.3 Å². The molecule has 1 aliphatic rings. The average Bonchev–Trinajstić information content (AvgIpc) is 2.99. The standard InChI is InChI=1S/C28H28N6O6S2/c1-3-7-19-12-15-31-26-25(19)32-27(33-28(26)35)23-16-20(10-11-24(23)40-4-2)34(41(36,37)21-8-5-13-29-17-21)42(38,39)22-9-6-14-30-18-22/h5-6,8-18,27,32H,3-4,7H2,1-2H3,(H,33,35). The Morgan fingerprint density at radius 3 is 2.12 bits per heavy atom. The van der Waals surface area contributed by atoms with Gasteiger partial charge in [0, 0.05) is 36.5 Å². The van der Waals surface area contributed by atoms with Crippen LogP contribution in [0.1, 0.15) is 48.0 Å². The molecule has 0 spiro atoms. The Morgan fingerprint density at radius 2 is 1.55 bits per heavy atom. The molecule has 4 aromatic rings. The van der Waals surface area contributed by atoms with Gasteiger partial charge in [-0.15, -0.1) is 0 Å². The minimum Gasteiger partial charge on any atom is -0.493 e. The first-order valence-electron chi connectivity index (χ1n) is 13.1. The van der Waals surface area contributed by atoms with E-state index in [1.165, 1.54) is 54.9 Å². The highest BCUT2D eigenvalue weighted by atomic mass is 32.3. The summed E-state index contributed by atoms with van der Waals surface area (Å²) in [7, 11) is -9.42. The zero-order chi connectivity index (χ0) is 29.9. The van der Waals surface area contributed by atoms with Gasteiger partial charge in [-0.2, -0.15) is 20.5 Å². The molecule has 0 bridgehead atoms. The van der Waals surface area contributed by atoms with Gasteiger partial charge in [-0.3, -0.25) is 14.8 Å². The number of aryl methyl sites for hydroxylation is 1. The third-order valence-corrected chi connectivity index (χ3v) is 10.6. The lowest BCUT2D eigenvalue weighted by Gasteiger charge is -2.31. The van der Waals surface area contributed by atoms with Crippen LogP contribution in [0.15, 0.2) is 89.3 Å². The van der Waals surface area contributed by atoms with Crippen LogP contribution in [0, 0.1) is 0 Å². The van der Waals surface area contributed by atoms with E-state index in [1.54, 1.807) is 13.1 Å². The predicted octanol–water partition coefficient (Wildman–Crippen LogP) is 3.66. The first-order chi connectivity index (χ1) is 20.2. The molecule has 42 heavy (non-hydrogen) atoms. The van der Waals surface area contributed by atoms with Gasteiger partial charge < -0.3 is 15.4 Å². The van der Waals surface area contributed by atoms with Crippen molar-refractivity contribution >= 4 is 37.3 Å². The number of amides is 1. The Hall–Kier alpha value is -4.56. The van der Waals surface area contributed by atoms with Gasteiger partial charge in [0.1, 0.15) is 21.7 Å². The van der Waals surface area contributed by atoms with Gasteiger partial charge in [0.2, 0.25) is 0 Å². The number of nitrogens with one attached hydrogen (secondary N) is 2. The van der Waals surface area contributed by atoms with Crippen LogP contribution in [0.4, 0.5) is 11.4 Å². The number of anilines is 2. The second-order valence-electron chi connectivity index (χ2n) is 9.23. The number of ether oxygens (including phenoxy) is 1. The number of pyridine rings is 3. The van der Waals surface area contributed by atoms with Gasteiger partial charge in [-0.25, -0.2) is 4.98 Å². The van der Waals surface area contributed by atoms with Gasteiger partial charge >= 0.3 is 0 Å². The van der Waals surface area contributed by atoms with Crippen molar-refractivity contribution < 1.29 is 26.4 Å². The number of nitrogens with zero attached hydrogens (tertiary/aromatic N) is 4. The van der Waals surface area contributed by atoms with E-state index in [1.807, 2.05) is 13.0 Å². The van der Waals surface area contributed by atoms with Gasteiger partial charge in [0.15, 0.2) is 5.69 Å². The second kappa shape index (κ2) is 11.7. The molecule has 0 aliphatic carbocycles. The van der Waals surface area contributed by atoms with E-state index in [0.29, 0.717) is 27.1 Å². The lowest BCUT2D eigenvalue weighted by Crippen LogP contribution is -2.40. The average molecular weight is 609 g/mol. The highest BCUT2D eigenvalue weighted by Crippen LogP contribution is 2.38. The van der Waals surface area contributed by atoms with E-state index in [0.717, 1.165) is 24.4 Å². The van der Waals surface area contributed by atoms with Crippen molar-refractivity contribution in [3.63, 3.8) is 0 Å². The fraction of sp³-hybridized carbons (Fsp3) is 0.214. The number of rotatable bonds is 10. The van der Waals surface area contributed by atoms with Crippen LogP contribution in [0.2, 0.25) is 0 Å². The molecular formula is C28H28N6O6S2. The minimum absolute atomic E-state index is 0.206. The summed E-state index contributed by atoms with van der Waals surface area (Å²) in [5, 5.41) is 6.13. The molecule has 0 radical (unpaired) electrons. The summed E-state index contributed by atoms with van der Waals surface area (Å²) < 4.78 is 61.9. The molecule has 5 rings (SSSR count). The number of hydrogen-bond donors (Lipinski definition) is 2. The molecule has 4 heterocycles. The minimum atomic E-state index is -4.71. The zero-order valence-electron chi connectivity index (χ0n) is 22.8. The highest BCUT2D eigenvalue weighted by Gasteiger charge is 2.39. The Kier molecular flexibility index (Phi) is 8.09. The van der Waals surface area contributed by atoms with Gasteiger partial charge in [0.25, 0.3) is 26.0 Å². The largest absolute Gasteiger partial charge is 0.493 e. The van der Waals surface area contributed by atoms with Crippen LogP contribution in [-0.2, 0) is 26.5 Å². The number of carbonyl (C=O) groups excluding carboxylic acids is 1. The van der Waals surface area contributed by atoms with Gasteiger partial charge in [-0.1, -0.05) is 13.3 Å². The quantitative estimate of drug-likeness (QED) is 0.272. The summed E-state index contributed by atoms with van der Waals surface area (Å²) in [6.45, 7) is 4.05. The molecule has 1 aromatic carbocycles. The number of carbonyl (C=O) groups is 1. The molecule has 1 aliphatic heterocycles. The molecule has 1 amide bonds. The second-order valence-corrected chi connectivity index (χ2v) is 13.0. The molecule has 14 heteroatoms. The van der Waals surface area contributed by atoms with Crippen LogP contribution in [0.3, 0.4) is 0 Å². The van der Waals surface area contributed by atoms with Crippen LogP contribution < -0.4 is 19.1 Å². The van der Waals surface area contributed by atoms with Crippen molar-refractivity contribution in [1.29, 1.82) is 0 Å². The van der Waals surface area contributed by atoms with Crippen molar-refractivity contribution in [2.24, 2.45) is 0 Å². The maximum absolute atomic E-state index is 13.9. The maximum Gasteiger partial charge on any atom is 0.279 e. The number of hydrogen-bond acceptors (Lipinski definition) is 10. The van der Waals surface area contributed by atoms with Crippen LogP contribution >= 0.6 is 0 Å². The fourth-order valence-electron chi connectivity index (χ4n) is 4.61. The van der Waals surface area contributed by atoms with Crippen LogP contribution in [0.25, 0.3) is 0 Å². The van der Waals surface area contributed by atoms with E-state index in [2.05, 4.69) is 25.6 Å². The third kappa shape index (κ3) is 5.37. The summed E-state index contributed by atoms with van der Waals surface area (Å²) in [6.07, 6.45) is 7.10. The summed E-state index contributed by atoms with van der Waals surface area (Å²) in [6, 6.07) is 11.3. The molecule has 2 N–H and O–H groups in total. The number of sulfonamides is 2. The van der Waals surface area contributed by atoms with E-state index in [9.17, 15) is 21.6 Å². The maximum atomic E-state index is 13.9. The van der Waals surface area contributed by atoms with E-state index < -0.39 is 32.1 Å². The Bertz CT molecular complexity index is 1750. The summed E-state index contributed by atoms with van der Waals surface area (Å²) in [5.41, 5.74) is 1.77. The van der Waals surface area contributed by atoms with Crippen LogP contribution in [0.5, 0.6) is 5.75 Å². The number of benzene rings is 1. The molecule has 218 valence electrons. The number of aromatic nitrogens is 3. The fourth-order valence-corrected chi connectivity index (χ4v) is 8.21. The van der Waals surface area contributed by atoms with E-state index in [4.69, 9.17) is 4.74 Å². The topological polar surface area (TPSA) is 161 Å². The monoisotopic (exact) mass is 608 g/mol. The first-order valence-corrected chi connectivity index (χ1v) is 16.0. The van der Waals surface area contributed by atoms with Gasteiger partial charge in [0.05, 0.1) is 18.0 Å². The van der Waals surface area contributed by atoms with Crippen LogP contribution in [-0.4, -0.2) is 44.3 Å². The molecule has 0 saturated carbocycles. The van der Waals surface area contributed by atoms with Crippen molar-refractivity contribution in [2.45, 2.75) is 42.6 Å². The molecule has 0 fully saturated rings. The summed E-state index contributed by atoms with van der Waals surface area (Å²) in [5.74, 6) is -0.122. The molecule has 1 unspecified atom stereocenters. The predicted molar refractivity (Wildman–Crippen MR) is 155 cm³/mol. The lowest BCUT2D eigenvalue weighted by molar-refractivity contribution is 0.0929. The molecule has 1 atom stereocenters. The molecule has 3 aromatic heterocycles. The van der Waals surface area contributed by atoms with Crippen molar-refractivity contribution in [2.75, 3.05) is 15.6 Å². The van der Waals surface area contributed by atoms with E-state index in [-0.39, 0.29) is 27.8 Å². The van der Waals surface area contributed by atoms with Crippen molar-refractivity contribution in [3.8, 4) is 5.75 Å². The Morgan fingerprint density at radius 1 is 0.881 bits per heavy atom. The summed E-state index contributed by atoms with van der Waals surface area (Å²) in [4.78, 5) is 24.4. The number of fused-ring (bicyclic) bond motifs is 1. The third-order valence-electron chi connectivity index (χ3n) is 6.45. The Labute approximate surface area is 243 Å². The highest BCUT2D eigenvalue weighted by molar-refractivity contribution is 8.10. The molecule has 0 saturated heterocycles. The van der Waals surface area contributed by atoms with E-state index >= 15 is 0 Å². The Balaban J connectivity index is 1.69. The zero-order valence-corrected chi connectivity index (χ0v) is 24.4. The van der Waals surface area contributed by atoms with Crippen molar-refractivity contribution in [3.05, 3.63) is 96.3 Å². The lowest BCUT2D eigenvalue weighted by atomic mass is 10.0. The first kappa shape index (κ1) is 29.0. The molecule has 12 nitrogen and oxygen atoms in total. The molecular weight excluding hydrogens is 580 g/mol. The SMILES string of the molecule is CCCc1ccnc2c1NC(c1cc(N(S(=O)(=O)c3cccnc3)S(=O)(=O)c3cccnc3)ccc1OCC)NC2=O. The van der Waals surface area contributed by atoms with Gasteiger partial charge in [-0.05, 0) is 67.4 Å². The summed E-state index contributed by atoms with van der Waals surface area (Å²) >= 11 is 0. The normalized spacial score (nSPS) is 14.8. The smallest absolute Gasteiger partial charge is 0.279 e.